The number of rotatable bonds is 4. The largest absolute Gasteiger partial charge is 0.333 e. The summed E-state index contributed by atoms with van der Waals surface area (Å²) in [6.45, 7) is 2.11. The summed E-state index contributed by atoms with van der Waals surface area (Å²) in [7, 11) is 1.65. The van der Waals surface area contributed by atoms with E-state index < -0.39 is 5.91 Å². The summed E-state index contributed by atoms with van der Waals surface area (Å²) in [5, 5.41) is 5.16. The predicted molar refractivity (Wildman–Crippen MR) is 110 cm³/mol. The molecule has 0 aliphatic rings. The zero-order valence-corrected chi connectivity index (χ0v) is 16.3. The van der Waals surface area contributed by atoms with Gasteiger partial charge in [-0.15, -0.1) is 11.3 Å². The fourth-order valence-electron chi connectivity index (χ4n) is 2.97. The number of benzene rings is 2. The molecule has 6 nitrogen and oxygen atoms in total. The first-order valence-corrected chi connectivity index (χ1v) is 9.61. The molecule has 2 aromatic heterocycles. The molecule has 0 unspecified atom stereocenters. The van der Waals surface area contributed by atoms with Crippen LogP contribution < -0.4 is 5.43 Å². The molecule has 1 amide bonds. The average Bonchev–Trinajstić information content (AvgIpc) is 3.10. The van der Waals surface area contributed by atoms with Crippen LogP contribution in [0.2, 0.25) is 0 Å². The van der Waals surface area contributed by atoms with Crippen molar-refractivity contribution in [2.45, 2.75) is 13.5 Å². The minimum atomic E-state index is -0.422. The highest BCUT2D eigenvalue weighted by molar-refractivity contribution is 7.18. The van der Waals surface area contributed by atoms with E-state index in [2.05, 4.69) is 10.1 Å². The Kier molecular flexibility index (Phi) is 4.75. The lowest BCUT2D eigenvalue weighted by Gasteiger charge is -2.16. The van der Waals surface area contributed by atoms with Gasteiger partial charge in [0.2, 0.25) is 5.43 Å². The molecule has 0 fully saturated rings. The summed E-state index contributed by atoms with van der Waals surface area (Å²) in [4.78, 5) is 31.4. The molecule has 0 N–H and O–H groups in total. The van der Waals surface area contributed by atoms with Gasteiger partial charge in [0.1, 0.15) is 5.01 Å². The molecule has 2 heterocycles. The predicted octanol–water partition coefficient (Wildman–Crippen LogP) is 3.42. The van der Waals surface area contributed by atoms with Crippen LogP contribution in [0.15, 0.2) is 65.5 Å². The molecule has 0 saturated carbocycles. The quantitative estimate of drug-likeness (QED) is 0.535. The molecule has 0 radical (unpaired) electrons. The summed E-state index contributed by atoms with van der Waals surface area (Å²) >= 11 is 1.54. The number of para-hydroxylation sites is 2. The Hall–Kier alpha value is -3.32. The van der Waals surface area contributed by atoms with Crippen molar-refractivity contribution in [2.24, 2.45) is 0 Å². The molecular weight excluding hydrogens is 372 g/mol. The third-order valence-corrected chi connectivity index (χ3v) is 5.39. The summed E-state index contributed by atoms with van der Waals surface area (Å²) in [6.07, 6.45) is 0. The number of carbonyl (C=O) groups excluding carboxylic acids is 1. The van der Waals surface area contributed by atoms with Gasteiger partial charge in [-0.1, -0.05) is 30.3 Å². The number of carbonyl (C=O) groups is 1. The average molecular weight is 390 g/mol. The molecule has 0 saturated heterocycles. The van der Waals surface area contributed by atoms with Gasteiger partial charge in [0.15, 0.2) is 5.69 Å². The summed E-state index contributed by atoms with van der Waals surface area (Å²) in [6, 6.07) is 18.7. The molecule has 140 valence electrons. The number of fused-ring (bicyclic) bond motifs is 1. The second-order valence-corrected chi connectivity index (χ2v) is 7.60. The molecule has 0 aliphatic carbocycles. The Bertz CT molecular complexity index is 1180. The Morgan fingerprint density at radius 3 is 2.57 bits per heavy atom. The van der Waals surface area contributed by atoms with Gasteiger partial charge < -0.3 is 4.90 Å². The lowest BCUT2D eigenvalue weighted by atomic mass is 10.2. The number of thiazole rings is 1. The molecular formula is C21H18N4O2S. The monoisotopic (exact) mass is 390 g/mol. The Morgan fingerprint density at radius 1 is 1.11 bits per heavy atom. The normalized spacial score (nSPS) is 10.9. The van der Waals surface area contributed by atoms with Crippen molar-refractivity contribution in [3.05, 3.63) is 87.3 Å². The standard InChI is InChI=1S/C21H18N4O2S/c1-14-12-17(26)20(23-25(14)15-8-4-3-5-9-15)21(27)24(2)13-19-22-16-10-6-7-11-18(16)28-19/h3-12H,13H2,1-2H3. The van der Waals surface area contributed by atoms with E-state index in [0.29, 0.717) is 12.2 Å². The van der Waals surface area contributed by atoms with E-state index >= 15 is 0 Å². The lowest BCUT2D eigenvalue weighted by Crippen LogP contribution is -2.33. The van der Waals surface area contributed by atoms with Crippen molar-refractivity contribution in [1.29, 1.82) is 0 Å². The summed E-state index contributed by atoms with van der Waals surface area (Å²) < 4.78 is 2.68. The Balaban J connectivity index is 1.64. The highest BCUT2D eigenvalue weighted by atomic mass is 32.1. The topological polar surface area (TPSA) is 68.1 Å². The van der Waals surface area contributed by atoms with E-state index in [9.17, 15) is 9.59 Å². The zero-order chi connectivity index (χ0) is 19.7. The third-order valence-electron chi connectivity index (χ3n) is 4.37. The van der Waals surface area contributed by atoms with Gasteiger partial charge in [0.25, 0.3) is 5.91 Å². The van der Waals surface area contributed by atoms with Crippen LogP contribution in [0.3, 0.4) is 0 Å². The van der Waals surface area contributed by atoms with Gasteiger partial charge in [-0.3, -0.25) is 9.59 Å². The first-order valence-electron chi connectivity index (χ1n) is 8.79. The number of aromatic nitrogens is 3. The van der Waals surface area contributed by atoms with Crippen LogP contribution in [0, 0.1) is 6.92 Å². The molecule has 0 spiro atoms. The highest BCUT2D eigenvalue weighted by Crippen LogP contribution is 2.22. The molecule has 4 aromatic rings. The van der Waals surface area contributed by atoms with Crippen LogP contribution in [0.4, 0.5) is 0 Å². The van der Waals surface area contributed by atoms with Gasteiger partial charge in [0, 0.05) is 18.8 Å². The zero-order valence-electron chi connectivity index (χ0n) is 15.5. The SMILES string of the molecule is Cc1cc(=O)c(C(=O)N(C)Cc2nc3ccccc3s2)nn1-c1ccccc1. The summed E-state index contributed by atoms with van der Waals surface area (Å²) in [5.74, 6) is -0.422. The van der Waals surface area contributed by atoms with Crippen LogP contribution >= 0.6 is 11.3 Å². The van der Waals surface area contributed by atoms with E-state index in [0.717, 1.165) is 20.9 Å². The van der Waals surface area contributed by atoms with E-state index in [-0.39, 0.29) is 11.1 Å². The maximum Gasteiger partial charge on any atom is 0.278 e. The minimum absolute atomic E-state index is 0.0990. The molecule has 0 aliphatic heterocycles. The van der Waals surface area contributed by atoms with Gasteiger partial charge in [-0.2, -0.15) is 5.10 Å². The van der Waals surface area contributed by atoms with Crippen molar-refractivity contribution in [3.8, 4) is 5.69 Å². The summed E-state index contributed by atoms with van der Waals surface area (Å²) in [5.41, 5.74) is 1.89. The Labute approximate surface area is 165 Å². The second kappa shape index (κ2) is 7.36. The highest BCUT2D eigenvalue weighted by Gasteiger charge is 2.20. The van der Waals surface area contributed by atoms with Crippen molar-refractivity contribution >= 4 is 27.5 Å². The number of hydrogen-bond acceptors (Lipinski definition) is 5. The fourth-order valence-corrected chi connectivity index (χ4v) is 3.99. The van der Waals surface area contributed by atoms with Gasteiger partial charge >= 0.3 is 0 Å². The van der Waals surface area contributed by atoms with E-state index in [4.69, 9.17) is 0 Å². The Morgan fingerprint density at radius 2 is 1.82 bits per heavy atom. The van der Waals surface area contributed by atoms with E-state index in [1.54, 1.807) is 18.7 Å². The lowest BCUT2D eigenvalue weighted by molar-refractivity contribution is 0.0776. The van der Waals surface area contributed by atoms with Crippen LogP contribution in [-0.4, -0.2) is 32.6 Å². The van der Waals surface area contributed by atoms with E-state index in [1.165, 1.54) is 22.3 Å². The number of aryl methyl sites for hydroxylation is 1. The van der Waals surface area contributed by atoms with Crippen molar-refractivity contribution in [3.63, 3.8) is 0 Å². The molecule has 0 bridgehead atoms. The number of nitrogens with zero attached hydrogens (tertiary/aromatic N) is 4. The van der Waals surface area contributed by atoms with E-state index in [1.807, 2.05) is 54.6 Å². The van der Waals surface area contributed by atoms with Crippen LogP contribution in [0.25, 0.3) is 15.9 Å². The second-order valence-electron chi connectivity index (χ2n) is 6.48. The van der Waals surface area contributed by atoms with Crippen molar-refractivity contribution < 1.29 is 4.79 Å². The van der Waals surface area contributed by atoms with Crippen molar-refractivity contribution in [1.82, 2.24) is 19.7 Å². The fraction of sp³-hybridized carbons (Fsp3) is 0.143. The molecule has 4 rings (SSSR count). The molecule has 0 atom stereocenters. The van der Waals surface area contributed by atoms with Crippen LogP contribution in [0.1, 0.15) is 21.2 Å². The third kappa shape index (κ3) is 3.44. The molecule has 7 heteroatoms. The molecule has 28 heavy (non-hydrogen) atoms. The first-order chi connectivity index (χ1) is 13.5. The number of hydrogen-bond donors (Lipinski definition) is 0. The van der Waals surface area contributed by atoms with Crippen LogP contribution in [0.5, 0.6) is 0 Å². The molecule has 2 aromatic carbocycles. The smallest absolute Gasteiger partial charge is 0.278 e. The van der Waals surface area contributed by atoms with Crippen LogP contribution in [-0.2, 0) is 6.54 Å². The van der Waals surface area contributed by atoms with Gasteiger partial charge in [-0.05, 0) is 31.2 Å². The minimum Gasteiger partial charge on any atom is -0.333 e. The number of amides is 1. The maximum atomic E-state index is 12.9. The maximum absolute atomic E-state index is 12.9. The van der Waals surface area contributed by atoms with Crippen molar-refractivity contribution in [2.75, 3.05) is 7.05 Å². The first kappa shape index (κ1) is 18.1. The van der Waals surface area contributed by atoms with Gasteiger partial charge in [-0.25, -0.2) is 9.67 Å². The van der Waals surface area contributed by atoms with Gasteiger partial charge in [0.05, 0.1) is 22.4 Å².